The van der Waals surface area contributed by atoms with Crippen molar-refractivity contribution in [2.75, 3.05) is 13.2 Å². The van der Waals surface area contributed by atoms with Crippen molar-refractivity contribution in [3.8, 4) is 5.75 Å². The van der Waals surface area contributed by atoms with Crippen LogP contribution in [0, 0.1) is 13.8 Å². The Morgan fingerprint density at radius 2 is 1.89 bits per heavy atom. The number of imidazole rings is 1. The Labute approximate surface area is 165 Å². The summed E-state index contributed by atoms with van der Waals surface area (Å²) in [7, 11) is 0. The molecular formula is C23H27N3O2. The first-order valence-corrected chi connectivity index (χ1v) is 9.97. The minimum Gasteiger partial charge on any atom is -0.491 e. The van der Waals surface area contributed by atoms with Crippen LogP contribution in [0.15, 0.2) is 42.5 Å². The van der Waals surface area contributed by atoms with E-state index in [1.165, 1.54) is 0 Å². The Balaban J connectivity index is 1.63. The molecule has 1 fully saturated rings. The molecule has 1 aliphatic rings. The van der Waals surface area contributed by atoms with E-state index < -0.39 is 0 Å². The number of hydrogen-bond donors (Lipinski definition) is 0. The number of fused-ring (bicyclic) bond motifs is 1. The molecule has 2 aromatic carbocycles. The average molecular weight is 377 g/mol. The second-order valence-corrected chi connectivity index (χ2v) is 7.55. The van der Waals surface area contributed by atoms with Gasteiger partial charge in [0.1, 0.15) is 18.2 Å². The lowest BCUT2D eigenvalue weighted by Gasteiger charge is -2.24. The van der Waals surface area contributed by atoms with E-state index in [-0.39, 0.29) is 11.9 Å². The van der Waals surface area contributed by atoms with Crippen molar-refractivity contribution in [3.63, 3.8) is 0 Å². The fourth-order valence-corrected chi connectivity index (χ4v) is 4.26. The number of nitrogens with zero attached hydrogens (tertiary/aromatic N) is 3. The molecule has 5 heteroatoms. The smallest absolute Gasteiger partial charge is 0.220 e. The number of carbonyl (C=O) groups excluding carboxylic acids is 1. The number of aryl methyl sites for hydroxylation is 2. The first kappa shape index (κ1) is 18.5. The molecule has 0 radical (unpaired) electrons. The van der Waals surface area contributed by atoms with Crippen LogP contribution < -0.4 is 4.74 Å². The van der Waals surface area contributed by atoms with Gasteiger partial charge in [0.2, 0.25) is 5.91 Å². The maximum absolute atomic E-state index is 12.1. The number of aromatic nitrogens is 2. The molecule has 1 aromatic heterocycles. The van der Waals surface area contributed by atoms with Crippen LogP contribution in [-0.2, 0) is 11.3 Å². The van der Waals surface area contributed by atoms with Gasteiger partial charge in [-0.1, -0.05) is 30.3 Å². The van der Waals surface area contributed by atoms with Gasteiger partial charge in [-0.25, -0.2) is 4.98 Å². The van der Waals surface area contributed by atoms with Gasteiger partial charge in [-0.2, -0.15) is 0 Å². The van der Waals surface area contributed by atoms with Gasteiger partial charge in [0.15, 0.2) is 0 Å². The molecular weight excluding hydrogens is 350 g/mol. The van der Waals surface area contributed by atoms with E-state index >= 15 is 0 Å². The number of para-hydroxylation sites is 3. The van der Waals surface area contributed by atoms with Gasteiger partial charge in [0.05, 0.1) is 23.6 Å². The Morgan fingerprint density at radius 1 is 1.14 bits per heavy atom. The highest BCUT2D eigenvalue weighted by Gasteiger charge is 2.32. The average Bonchev–Trinajstić information content (AvgIpc) is 3.29. The van der Waals surface area contributed by atoms with Crippen LogP contribution in [0.1, 0.15) is 42.8 Å². The fraction of sp³-hybridized carbons (Fsp3) is 0.391. The largest absolute Gasteiger partial charge is 0.491 e. The van der Waals surface area contributed by atoms with Crippen LogP contribution in [0.2, 0.25) is 0 Å². The zero-order valence-electron chi connectivity index (χ0n) is 16.8. The van der Waals surface area contributed by atoms with Crippen molar-refractivity contribution in [2.24, 2.45) is 0 Å². The van der Waals surface area contributed by atoms with Crippen LogP contribution in [0.4, 0.5) is 0 Å². The number of benzene rings is 2. The quantitative estimate of drug-likeness (QED) is 0.661. The number of ether oxygens (including phenoxy) is 1. The summed E-state index contributed by atoms with van der Waals surface area (Å²) >= 11 is 0. The van der Waals surface area contributed by atoms with Crippen LogP contribution in [0.25, 0.3) is 11.0 Å². The molecule has 1 aliphatic heterocycles. The number of carbonyl (C=O) groups is 1. The second-order valence-electron chi connectivity index (χ2n) is 7.55. The van der Waals surface area contributed by atoms with Crippen molar-refractivity contribution in [1.29, 1.82) is 0 Å². The minimum absolute atomic E-state index is 0.0464. The summed E-state index contributed by atoms with van der Waals surface area (Å²) in [5.74, 6) is 2.05. The van der Waals surface area contributed by atoms with Gasteiger partial charge in [-0.3, -0.25) is 4.79 Å². The predicted molar refractivity (Wildman–Crippen MR) is 111 cm³/mol. The highest BCUT2D eigenvalue weighted by atomic mass is 16.5. The number of hydrogen-bond acceptors (Lipinski definition) is 3. The van der Waals surface area contributed by atoms with Crippen molar-refractivity contribution in [3.05, 3.63) is 59.4 Å². The third-order valence-electron chi connectivity index (χ3n) is 5.61. The molecule has 4 rings (SSSR count). The molecule has 0 N–H and O–H groups in total. The van der Waals surface area contributed by atoms with Crippen LogP contribution >= 0.6 is 0 Å². The molecule has 1 amide bonds. The molecule has 0 unspecified atom stereocenters. The monoisotopic (exact) mass is 377 g/mol. The highest BCUT2D eigenvalue weighted by Crippen LogP contribution is 2.33. The summed E-state index contributed by atoms with van der Waals surface area (Å²) in [6, 6.07) is 14.4. The third-order valence-corrected chi connectivity index (χ3v) is 5.61. The SMILES string of the molecule is CC(=O)N1CCC[C@H]1c1nc2ccccc2n1CCOc1c(C)cccc1C. The van der Waals surface area contributed by atoms with E-state index in [1.807, 2.05) is 23.1 Å². The van der Waals surface area contributed by atoms with Crippen LogP contribution in [0.5, 0.6) is 5.75 Å². The molecule has 0 bridgehead atoms. The topological polar surface area (TPSA) is 47.4 Å². The summed E-state index contributed by atoms with van der Waals surface area (Å²) in [6.45, 7) is 7.86. The van der Waals surface area contributed by atoms with E-state index in [0.29, 0.717) is 13.2 Å². The summed E-state index contributed by atoms with van der Waals surface area (Å²) in [6.07, 6.45) is 1.98. The Kier molecular flexibility index (Phi) is 5.07. The fourth-order valence-electron chi connectivity index (χ4n) is 4.26. The molecule has 0 spiro atoms. The third kappa shape index (κ3) is 3.37. The zero-order chi connectivity index (χ0) is 19.7. The van der Waals surface area contributed by atoms with Crippen molar-refractivity contribution in [1.82, 2.24) is 14.5 Å². The van der Waals surface area contributed by atoms with Gasteiger partial charge in [-0.05, 0) is 49.9 Å². The van der Waals surface area contributed by atoms with E-state index in [9.17, 15) is 4.79 Å². The second kappa shape index (κ2) is 7.66. The van der Waals surface area contributed by atoms with Crippen LogP contribution in [0.3, 0.4) is 0 Å². The van der Waals surface area contributed by atoms with Gasteiger partial charge in [0.25, 0.3) is 0 Å². The summed E-state index contributed by atoms with van der Waals surface area (Å²) in [4.78, 5) is 18.9. The molecule has 0 saturated carbocycles. The zero-order valence-corrected chi connectivity index (χ0v) is 16.8. The Hall–Kier alpha value is -2.82. The maximum Gasteiger partial charge on any atom is 0.220 e. The van der Waals surface area contributed by atoms with Crippen molar-refractivity contribution >= 4 is 16.9 Å². The van der Waals surface area contributed by atoms with Crippen molar-refractivity contribution < 1.29 is 9.53 Å². The minimum atomic E-state index is 0.0464. The Morgan fingerprint density at radius 3 is 2.64 bits per heavy atom. The molecule has 0 aliphatic carbocycles. The van der Waals surface area contributed by atoms with E-state index in [1.54, 1.807) is 6.92 Å². The maximum atomic E-state index is 12.1. The van der Waals surface area contributed by atoms with E-state index in [4.69, 9.17) is 9.72 Å². The lowest BCUT2D eigenvalue weighted by Crippen LogP contribution is -2.30. The number of amides is 1. The normalized spacial score (nSPS) is 16.7. The highest BCUT2D eigenvalue weighted by molar-refractivity contribution is 5.77. The molecule has 146 valence electrons. The lowest BCUT2D eigenvalue weighted by atomic mass is 10.1. The molecule has 1 saturated heterocycles. The van der Waals surface area contributed by atoms with Crippen LogP contribution in [-0.4, -0.2) is 33.5 Å². The Bertz CT molecular complexity index is 988. The summed E-state index contributed by atoms with van der Waals surface area (Å²) in [5, 5.41) is 0. The number of likely N-dealkylation sites (tertiary alicyclic amines) is 1. The number of rotatable bonds is 5. The molecule has 28 heavy (non-hydrogen) atoms. The van der Waals surface area contributed by atoms with E-state index in [0.717, 1.165) is 53.1 Å². The van der Waals surface area contributed by atoms with E-state index in [2.05, 4.69) is 42.7 Å². The molecule has 5 nitrogen and oxygen atoms in total. The molecule has 1 atom stereocenters. The first-order valence-electron chi connectivity index (χ1n) is 9.97. The van der Waals surface area contributed by atoms with Gasteiger partial charge >= 0.3 is 0 Å². The van der Waals surface area contributed by atoms with Gasteiger partial charge < -0.3 is 14.2 Å². The predicted octanol–water partition coefficient (Wildman–Crippen LogP) is 4.42. The van der Waals surface area contributed by atoms with Gasteiger partial charge in [0, 0.05) is 13.5 Å². The molecule has 2 heterocycles. The standard InChI is InChI=1S/C23H27N3O2/c1-16-8-6-9-17(2)22(16)28-15-14-26-20-11-5-4-10-19(20)24-23(26)21-12-7-13-25(21)18(3)27/h4-6,8-11,21H,7,12-15H2,1-3H3/t21-/m0/s1. The summed E-state index contributed by atoms with van der Waals surface area (Å²) in [5.41, 5.74) is 4.36. The van der Waals surface area contributed by atoms with Gasteiger partial charge in [-0.15, -0.1) is 0 Å². The summed E-state index contributed by atoms with van der Waals surface area (Å²) < 4.78 is 8.38. The van der Waals surface area contributed by atoms with Crippen molar-refractivity contribution in [2.45, 2.75) is 46.2 Å². The first-order chi connectivity index (χ1) is 13.6. The molecule has 3 aromatic rings. The lowest BCUT2D eigenvalue weighted by molar-refractivity contribution is -0.129.